The van der Waals surface area contributed by atoms with Crippen molar-refractivity contribution in [3.8, 4) is 0 Å². The third kappa shape index (κ3) is 3.67. The van der Waals surface area contributed by atoms with E-state index >= 15 is 0 Å². The molecular formula is C13H24N2O2S. The predicted molar refractivity (Wildman–Crippen MR) is 76.4 cm³/mol. The van der Waals surface area contributed by atoms with E-state index in [1.165, 1.54) is 0 Å². The number of thiazole rings is 1. The number of rotatable bonds is 8. The molecule has 1 unspecified atom stereocenters. The van der Waals surface area contributed by atoms with Crippen molar-refractivity contribution in [2.45, 2.75) is 46.3 Å². The van der Waals surface area contributed by atoms with Crippen LogP contribution in [0.15, 0.2) is 0 Å². The molecule has 0 saturated heterocycles. The van der Waals surface area contributed by atoms with Crippen molar-refractivity contribution in [3.63, 3.8) is 0 Å². The van der Waals surface area contributed by atoms with Gasteiger partial charge in [-0.2, -0.15) is 0 Å². The largest absolute Gasteiger partial charge is 0.391 e. The van der Waals surface area contributed by atoms with Crippen LogP contribution in [0, 0.1) is 0 Å². The first-order valence-electron chi connectivity index (χ1n) is 6.52. The number of ether oxygens (including phenoxy) is 1. The minimum atomic E-state index is 0.0865. The predicted octanol–water partition coefficient (Wildman–Crippen LogP) is 2.45. The van der Waals surface area contributed by atoms with Crippen molar-refractivity contribution in [3.05, 3.63) is 10.6 Å². The van der Waals surface area contributed by atoms with Gasteiger partial charge in [0.05, 0.1) is 29.8 Å². The molecule has 0 fully saturated rings. The molecule has 0 aliphatic heterocycles. The number of hydrogen-bond acceptors (Lipinski definition) is 5. The monoisotopic (exact) mass is 272 g/mol. The average Bonchev–Trinajstić information content (AvgIpc) is 2.74. The highest BCUT2D eigenvalue weighted by molar-refractivity contribution is 7.15. The Balaban J connectivity index is 2.91. The summed E-state index contributed by atoms with van der Waals surface area (Å²) in [6.07, 6.45) is 1.98. The van der Waals surface area contributed by atoms with Crippen LogP contribution >= 0.6 is 11.3 Å². The summed E-state index contributed by atoms with van der Waals surface area (Å²) in [4.78, 5) is 7.90. The fourth-order valence-corrected chi connectivity index (χ4v) is 3.15. The van der Waals surface area contributed by atoms with Crippen LogP contribution in [0.25, 0.3) is 0 Å². The van der Waals surface area contributed by atoms with Gasteiger partial charge in [0, 0.05) is 13.7 Å². The Labute approximate surface area is 114 Å². The van der Waals surface area contributed by atoms with E-state index in [1.54, 1.807) is 18.4 Å². The van der Waals surface area contributed by atoms with Crippen molar-refractivity contribution in [2.75, 3.05) is 25.2 Å². The number of methoxy groups -OCH3 is 1. The number of aryl methyl sites for hydroxylation is 1. The number of likely N-dealkylation sites (N-methyl/N-ethyl adjacent to an activating group) is 1. The second kappa shape index (κ2) is 7.71. The highest BCUT2D eigenvalue weighted by atomic mass is 32.1. The minimum absolute atomic E-state index is 0.0865. The first-order chi connectivity index (χ1) is 8.67. The highest BCUT2D eigenvalue weighted by Gasteiger charge is 2.18. The SMILES string of the molecule is CCCc1nc(N(CC)C(C)COC)sc1CO. The maximum atomic E-state index is 9.38. The molecule has 1 atom stereocenters. The van der Waals surface area contributed by atoms with Gasteiger partial charge in [-0.3, -0.25) is 0 Å². The normalized spacial score (nSPS) is 12.7. The summed E-state index contributed by atoms with van der Waals surface area (Å²) in [7, 11) is 1.72. The lowest BCUT2D eigenvalue weighted by molar-refractivity contribution is 0.182. The zero-order valence-electron chi connectivity index (χ0n) is 11.8. The zero-order valence-corrected chi connectivity index (χ0v) is 12.6. The standard InChI is InChI=1S/C13H24N2O2S/c1-5-7-11-12(8-16)18-13(14-11)15(6-2)10(3)9-17-4/h10,16H,5-9H2,1-4H3. The quantitative estimate of drug-likeness (QED) is 0.789. The molecule has 1 heterocycles. The second-order valence-electron chi connectivity index (χ2n) is 4.36. The molecule has 0 radical (unpaired) electrons. The molecule has 0 aliphatic rings. The lowest BCUT2D eigenvalue weighted by Crippen LogP contribution is -2.36. The molecule has 0 aliphatic carbocycles. The molecule has 5 heteroatoms. The molecule has 1 aromatic rings. The highest BCUT2D eigenvalue weighted by Crippen LogP contribution is 2.28. The van der Waals surface area contributed by atoms with Gasteiger partial charge in [-0.05, 0) is 20.3 Å². The number of aliphatic hydroxyl groups excluding tert-OH is 1. The Hall–Kier alpha value is -0.650. The topological polar surface area (TPSA) is 45.6 Å². The smallest absolute Gasteiger partial charge is 0.186 e. The van der Waals surface area contributed by atoms with Crippen LogP contribution in [-0.2, 0) is 17.8 Å². The van der Waals surface area contributed by atoms with Crippen molar-refractivity contribution in [1.29, 1.82) is 0 Å². The van der Waals surface area contributed by atoms with E-state index in [0.717, 1.165) is 35.1 Å². The zero-order chi connectivity index (χ0) is 13.5. The Morgan fingerprint density at radius 3 is 2.67 bits per heavy atom. The van der Waals surface area contributed by atoms with E-state index in [9.17, 15) is 5.11 Å². The van der Waals surface area contributed by atoms with Gasteiger partial charge in [-0.25, -0.2) is 4.98 Å². The van der Waals surface area contributed by atoms with Gasteiger partial charge in [0.25, 0.3) is 0 Å². The fraction of sp³-hybridized carbons (Fsp3) is 0.769. The first kappa shape index (κ1) is 15.4. The summed E-state index contributed by atoms with van der Waals surface area (Å²) in [6, 6.07) is 0.298. The Morgan fingerprint density at radius 1 is 1.44 bits per heavy atom. The minimum Gasteiger partial charge on any atom is -0.391 e. The molecule has 1 rings (SSSR count). The maximum absolute atomic E-state index is 9.38. The molecule has 4 nitrogen and oxygen atoms in total. The van der Waals surface area contributed by atoms with Crippen LogP contribution in [0.2, 0.25) is 0 Å². The Kier molecular flexibility index (Phi) is 6.60. The van der Waals surface area contributed by atoms with Gasteiger partial charge in [0.1, 0.15) is 0 Å². The molecule has 1 N–H and O–H groups in total. The molecule has 0 aromatic carbocycles. The van der Waals surface area contributed by atoms with Crippen LogP contribution in [0.3, 0.4) is 0 Å². The van der Waals surface area contributed by atoms with Gasteiger partial charge in [-0.1, -0.05) is 24.7 Å². The lowest BCUT2D eigenvalue weighted by atomic mass is 10.2. The van der Waals surface area contributed by atoms with Gasteiger partial charge in [0.15, 0.2) is 5.13 Å². The number of hydrogen-bond donors (Lipinski definition) is 1. The van der Waals surface area contributed by atoms with E-state index in [2.05, 4.69) is 30.7 Å². The van der Waals surface area contributed by atoms with Crippen molar-refractivity contribution in [1.82, 2.24) is 4.98 Å². The summed E-state index contributed by atoms with van der Waals surface area (Å²) in [6.45, 7) is 8.05. The van der Waals surface area contributed by atoms with Crippen LogP contribution in [0.5, 0.6) is 0 Å². The van der Waals surface area contributed by atoms with Crippen LogP contribution in [0.4, 0.5) is 5.13 Å². The van der Waals surface area contributed by atoms with Crippen molar-refractivity contribution < 1.29 is 9.84 Å². The van der Waals surface area contributed by atoms with E-state index < -0.39 is 0 Å². The van der Waals surface area contributed by atoms with E-state index in [4.69, 9.17) is 4.74 Å². The number of anilines is 1. The van der Waals surface area contributed by atoms with Gasteiger partial charge >= 0.3 is 0 Å². The third-order valence-corrected chi connectivity index (χ3v) is 4.04. The molecule has 0 saturated carbocycles. The molecular weight excluding hydrogens is 248 g/mol. The van der Waals surface area contributed by atoms with Gasteiger partial charge in [0.2, 0.25) is 0 Å². The van der Waals surface area contributed by atoms with E-state index in [1.807, 2.05) is 0 Å². The van der Waals surface area contributed by atoms with Crippen LogP contribution in [0.1, 0.15) is 37.8 Å². The molecule has 0 bridgehead atoms. The fourth-order valence-electron chi connectivity index (χ4n) is 2.01. The van der Waals surface area contributed by atoms with Crippen LogP contribution < -0.4 is 4.90 Å². The summed E-state index contributed by atoms with van der Waals surface area (Å²) in [5.41, 5.74) is 1.04. The van der Waals surface area contributed by atoms with Crippen molar-refractivity contribution in [2.24, 2.45) is 0 Å². The molecule has 104 valence electrons. The van der Waals surface area contributed by atoms with Gasteiger partial charge in [-0.15, -0.1) is 0 Å². The Bertz CT molecular complexity index is 355. The third-order valence-electron chi connectivity index (χ3n) is 2.92. The van der Waals surface area contributed by atoms with E-state index in [0.29, 0.717) is 12.6 Å². The maximum Gasteiger partial charge on any atom is 0.186 e. The molecule has 0 amide bonds. The number of aliphatic hydroxyl groups is 1. The lowest BCUT2D eigenvalue weighted by Gasteiger charge is -2.26. The molecule has 18 heavy (non-hydrogen) atoms. The summed E-state index contributed by atoms with van der Waals surface area (Å²) < 4.78 is 5.20. The summed E-state index contributed by atoms with van der Waals surface area (Å²) in [5, 5.41) is 10.4. The van der Waals surface area contributed by atoms with Gasteiger partial charge < -0.3 is 14.7 Å². The summed E-state index contributed by atoms with van der Waals surface area (Å²) >= 11 is 1.60. The first-order valence-corrected chi connectivity index (χ1v) is 7.34. The summed E-state index contributed by atoms with van der Waals surface area (Å²) in [5.74, 6) is 0. The Morgan fingerprint density at radius 2 is 2.17 bits per heavy atom. The van der Waals surface area contributed by atoms with Crippen LogP contribution in [-0.4, -0.2) is 36.4 Å². The number of aromatic nitrogens is 1. The average molecular weight is 272 g/mol. The number of nitrogens with zero attached hydrogens (tertiary/aromatic N) is 2. The van der Waals surface area contributed by atoms with Crippen molar-refractivity contribution >= 4 is 16.5 Å². The van der Waals surface area contributed by atoms with E-state index in [-0.39, 0.29) is 6.61 Å². The second-order valence-corrected chi connectivity index (χ2v) is 5.43. The molecule has 1 aromatic heterocycles. The molecule has 0 spiro atoms.